The van der Waals surface area contributed by atoms with Gasteiger partial charge in [-0.1, -0.05) is 6.07 Å². The summed E-state index contributed by atoms with van der Waals surface area (Å²) in [5, 5.41) is 0. The van der Waals surface area contributed by atoms with Gasteiger partial charge in [-0.25, -0.2) is 4.98 Å². The van der Waals surface area contributed by atoms with Crippen molar-refractivity contribution in [2.45, 2.75) is 19.9 Å². The summed E-state index contributed by atoms with van der Waals surface area (Å²) in [5.74, 6) is 0.819. The summed E-state index contributed by atoms with van der Waals surface area (Å²) in [6.07, 6.45) is 0.354. The molecule has 0 atom stereocenters. The number of nitrogens with one attached hydrogen (secondary N) is 1. The van der Waals surface area contributed by atoms with Crippen LogP contribution >= 0.6 is 0 Å². The van der Waals surface area contributed by atoms with Gasteiger partial charge in [0.1, 0.15) is 11.6 Å². The fourth-order valence-electron chi connectivity index (χ4n) is 1.56. The lowest BCUT2D eigenvalue weighted by molar-refractivity contribution is -0.116. The predicted molar refractivity (Wildman–Crippen MR) is 58.4 cm³/mol. The lowest BCUT2D eigenvalue weighted by atomic mass is 10.2. The Labute approximate surface area is 87.5 Å². The average Bonchev–Trinajstić information content (AvgIpc) is 2.57. The number of benzene rings is 1. The highest BCUT2D eigenvalue weighted by Gasteiger charge is 2.05. The van der Waals surface area contributed by atoms with Crippen LogP contribution in [0.15, 0.2) is 18.2 Å². The lowest BCUT2D eigenvalue weighted by Gasteiger charge is -1.94. The highest BCUT2D eigenvalue weighted by molar-refractivity contribution is 5.80. The fourth-order valence-corrected chi connectivity index (χ4v) is 1.56. The van der Waals surface area contributed by atoms with Gasteiger partial charge in [0.25, 0.3) is 0 Å². The molecule has 78 valence electrons. The molecule has 0 aliphatic carbocycles. The van der Waals surface area contributed by atoms with E-state index in [4.69, 9.17) is 5.73 Å². The van der Waals surface area contributed by atoms with Crippen molar-refractivity contribution in [1.82, 2.24) is 9.97 Å². The van der Waals surface area contributed by atoms with Gasteiger partial charge in [0, 0.05) is 6.54 Å². The lowest BCUT2D eigenvalue weighted by Crippen LogP contribution is -1.97. The first-order valence-electron chi connectivity index (χ1n) is 4.86. The van der Waals surface area contributed by atoms with Crippen molar-refractivity contribution in [2.24, 2.45) is 5.73 Å². The molecule has 0 aliphatic heterocycles. The Morgan fingerprint density at radius 1 is 1.53 bits per heavy atom. The number of H-pyrrole nitrogens is 1. The molecule has 0 fully saturated rings. The number of Topliss-reactive ketones (excluding diaryl/α,β-unsaturated/α-hetero) is 1. The van der Waals surface area contributed by atoms with Crippen molar-refractivity contribution in [1.29, 1.82) is 0 Å². The number of carbonyl (C=O) groups is 1. The van der Waals surface area contributed by atoms with E-state index in [-0.39, 0.29) is 5.78 Å². The van der Waals surface area contributed by atoms with Gasteiger partial charge in [-0.05, 0) is 24.6 Å². The molecular formula is C11H13N3O. The molecule has 0 bridgehead atoms. The van der Waals surface area contributed by atoms with Crippen LogP contribution < -0.4 is 5.73 Å². The number of hydrogen-bond donors (Lipinski definition) is 2. The monoisotopic (exact) mass is 203 g/mol. The molecule has 1 heterocycles. The maximum Gasteiger partial charge on any atom is 0.137 e. The molecule has 0 aliphatic rings. The van der Waals surface area contributed by atoms with Crippen molar-refractivity contribution in [3.05, 3.63) is 29.6 Å². The third-order valence-electron chi connectivity index (χ3n) is 2.25. The van der Waals surface area contributed by atoms with E-state index in [1.807, 2.05) is 18.2 Å². The van der Waals surface area contributed by atoms with E-state index in [0.717, 1.165) is 16.6 Å². The normalized spacial score (nSPS) is 10.8. The fraction of sp³-hybridized carbons (Fsp3) is 0.273. The molecule has 1 aromatic carbocycles. The second kappa shape index (κ2) is 3.82. The maximum absolute atomic E-state index is 10.9. The van der Waals surface area contributed by atoms with Crippen LogP contribution in [0.4, 0.5) is 0 Å². The van der Waals surface area contributed by atoms with Crippen molar-refractivity contribution < 1.29 is 4.79 Å². The zero-order chi connectivity index (χ0) is 10.8. The minimum atomic E-state index is 0.105. The molecule has 0 unspecified atom stereocenters. The molecule has 0 saturated heterocycles. The number of fused-ring (bicyclic) bond motifs is 1. The molecule has 2 rings (SSSR count). The largest absolute Gasteiger partial charge is 0.342 e. The zero-order valence-corrected chi connectivity index (χ0v) is 8.58. The SMILES string of the molecule is CC(=O)Cc1nc2ccc(CN)cc2[nH]1. The third-order valence-corrected chi connectivity index (χ3v) is 2.25. The van der Waals surface area contributed by atoms with Gasteiger partial charge in [0.05, 0.1) is 17.5 Å². The van der Waals surface area contributed by atoms with E-state index in [1.54, 1.807) is 6.92 Å². The molecule has 0 spiro atoms. The molecule has 1 aromatic heterocycles. The first-order chi connectivity index (χ1) is 7.19. The molecule has 4 nitrogen and oxygen atoms in total. The second-order valence-electron chi connectivity index (χ2n) is 3.62. The summed E-state index contributed by atoms with van der Waals surface area (Å²) in [4.78, 5) is 18.4. The summed E-state index contributed by atoms with van der Waals surface area (Å²) in [7, 11) is 0. The summed E-state index contributed by atoms with van der Waals surface area (Å²) in [6, 6.07) is 5.82. The Bertz CT molecular complexity index is 502. The Balaban J connectivity index is 2.42. The third kappa shape index (κ3) is 2.05. The molecule has 2 aromatic rings. The number of carbonyl (C=O) groups excluding carboxylic acids is 1. The predicted octanol–water partition coefficient (Wildman–Crippen LogP) is 1.15. The first kappa shape index (κ1) is 9.86. The van der Waals surface area contributed by atoms with Crippen molar-refractivity contribution in [3.8, 4) is 0 Å². The molecule has 0 amide bonds. The van der Waals surface area contributed by atoms with Gasteiger partial charge in [-0.3, -0.25) is 4.79 Å². The number of hydrogen-bond acceptors (Lipinski definition) is 3. The topological polar surface area (TPSA) is 71.8 Å². The van der Waals surface area contributed by atoms with E-state index in [9.17, 15) is 4.79 Å². The van der Waals surface area contributed by atoms with Gasteiger partial charge < -0.3 is 10.7 Å². The van der Waals surface area contributed by atoms with Crippen LogP contribution in [-0.4, -0.2) is 15.8 Å². The van der Waals surface area contributed by atoms with Gasteiger partial charge in [0.15, 0.2) is 0 Å². The molecule has 0 radical (unpaired) electrons. The number of ketones is 1. The van der Waals surface area contributed by atoms with Gasteiger partial charge >= 0.3 is 0 Å². The summed E-state index contributed by atoms with van der Waals surface area (Å²) < 4.78 is 0. The second-order valence-corrected chi connectivity index (χ2v) is 3.62. The molecule has 3 N–H and O–H groups in total. The smallest absolute Gasteiger partial charge is 0.137 e. The van der Waals surface area contributed by atoms with Crippen LogP contribution in [0, 0.1) is 0 Å². The quantitative estimate of drug-likeness (QED) is 0.786. The molecular weight excluding hydrogens is 190 g/mol. The summed E-state index contributed by atoms with van der Waals surface area (Å²) >= 11 is 0. The van der Waals surface area contributed by atoms with E-state index in [1.165, 1.54) is 0 Å². The summed E-state index contributed by atoms with van der Waals surface area (Å²) in [6.45, 7) is 2.06. The standard InChI is InChI=1S/C11H13N3O/c1-7(15)4-11-13-9-3-2-8(6-12)5-10(9)14-11/h2-3,5H,4,6,12H2,1H3,(H,13,14). The van der Waals surface area contributed by atoms with Crippen molar-refractivity contribution >= 4 is 16.8 Å². The Kier molecular flexibility index (Phi) is 2.51. The number of aromatic nitrogens is 2. The van der Waals surface area contributed by atoms with Crippen LogP contribution in [0.5, 0.6) is 0 Å². The number of aromatic amines is 1. The first-order valence-corrected chi connectivity index (χ1v) is 4.86. The van der Waals surface area contributed by atoms with Crippen LogP contribution in [0.3, 0.4) is 0 Å². The maximum atomic E-state index is 10.9. The highest BCUT2D eigenvalue weighted by Crippen LogP contribution is 2.13. The van der Waals surface area contributed by atoms with E-state index in [2.05, 4.69) is 9.97 Å². The van der Waals surface area contributed by atoms with Crippen molar-refractivity contribution in [2.75, 3.05) is 0 Å². The molecule has 15 heavy (non-hydrogen) atoms. The number of nitrogens with zero attached hydrogens (tertiary/aromatic N) is 1. The molecule has 0 saturated carbocycles. The number of imidazole rings is 1. The average molecular weight is 203 g/mol. The Morgan fingerprint density at radius 3 is 3.00 bits per heavy atom. The van der Waals surface area contributed by atoms with Crippen LogP contribution in [0.2, 0.25) is 0 Å². The van der Waals surface area contributed by atoms with E-state index >= 15 is 0 Å². The Morgan fingerprint density at radius 2 is 2.33 bits per heavy atom. The Hall–Kier alpha value is -1.68. The number of nitrogens with two attached hydrogens (primary N) is 1. The highest BCUT2D eigenvalue weighted by atomic mass is 16.1. The van der Waals surface area contributed by atoms with Gasteiger partial charge in [0.2, 0.25) is 0 Å². The van der Waals surface area contributed by atoms with E-state index < -0.39 is 0 Å². The number of rotatable bonds is 3. The minimum absolute atomic E-state index is 0.105. The minimum Gasteiger partial charge on any atom is -0.342 e. The van der Waals surface area contributed by atoms with Gasteiger partial charge in [-0.2, -0.15) is 0 Å². The zero-order valence-electron chi connectivity index (χ0n) is 8.58. The van der Waals surface area contributed by atoms with Gasteiger partial charge in [-0.15, -0.1) is 0 Å². The van der Waals surface area contributed by atoms with E-state index in [0.29, 0.717) is 18.8 Å². The van der Waals surface area contributed by atoms with Crippen LogP contribution in [0.1, 0.15) is 18.3 Å². The van der Waals surface area contributed by atoms with Crippen molar-refractivity contribution in [3.63, 3.8) is 0 Å². The van der Waals surface area contributed by atoms with Crippen LogP contribution in [-0.2, 0) is 17.8 Å². The molecule has 4 heteroatoms. The summed E-state index contributed by atoms with van der Waals surface area (Å²) in [5.41, 5.74) is 8.41. The van der Waals surface area contributed by atoms with Crippen LogP contribution in [0.25, 0.3) is 11.0 Å².